The van der Waals surface area contributed by atoms with Gasteiger partial charge in [-0.15, -0.1) is 0 Å². The Kier molecular flexibility index (Phi) is 7.81. The van der Waals surface area contributed by atoms with Crippen molar-refractivity contribution in [1.29, 1.82) is 0 Å². The number of piperidine rings is 2. The van der Waals surface area contributed by atoms with E-state index >= 15 is 0 Å². The zero-order valence-corrected chi connectivity index (χ0v) is 19.7. The highest BCUT2D eigenvalue weighted by atomic mass is 16.2. The summed E-state index contributed by atoms with van der Waals surface area (Å²) in [5.41, 5.74) is 3.06. The largest absolute Gasteiger partial charge is 0.400 e. The van der Waals surface area contributed by atoms with Gasteiger partial charge in [0.1, 0.15) is 6.04 Å². The molecule has 7 nitrogen and oxygen atoms in total. The highest BCUT2D eigenvalue weighted by Gasteiger charge is 2.39. The Hall–Kier alpha value is -2.25. The van der Waals surface area contributed by atoms with Crippen LogP contribution in [0.25, 0.3) is 0 Å². The predicted octanol–water partition coefficient (Wildman–Crippen LogP) is 2.82. The molecule has 180 valence electrons. The van der Waals surface area contributed by atoms with Gasteiger partial charge >= 0.3 is 0 Å². The van der Waals surface area contributed by atoms with E-state index in [0.717, 1.165) is 18.6 Å². The molecule has 1 saturated carbocycles. The SMILES string of the molecule is CO.O=C1CCC(N2Cc3cc(C4CCN(CC5CCCCC5)CC4)ccc3C2=O)C(=O)N1. The van der Waals surface area contributed by atoms with E-state index in [-0.39, 0.29) is 17.7 Å². The van der Waals surface area contributed by atoms with Crippen LogP contribution in [0.5, 0.6) is 0 Å². The van der Waals surface area contributed by atoms with Crippen molar-refractivity contribution < 1.29 is 19.5 Å². The molecule has 2 saturated heterocycles. The minimum atomic E-state index is -0.538. The van der Waals surface area contributed by atoms with E-state index in [2.05, 4.69) is 22.3 Å². The van der Waals surface area contributed by atoms with E-state index in [9.17, 15) is 14.4 Å². The Bertz CT molecular complexity index is 872. The van der Waals surface area contributed by atoms with Crippen LogP contribution in [0.2, 0.25) is 0 Å². The highest BCUT2D eigenvalue weighted by Crippen LogP contribution is 2.34. The number of hydrogen-bond donors (Lipinski definition) is 2. The van der Waals surface area contributed by atoms with Crippen LogP contribution in [0, 0.1) is 5.92 Å². The van der Waals surface area contributed by atoms with Gasteiger partial charge in [0.25, 0.3) is 5.91 Å². The number of fused-ring (bicyclic) bond motifs is 1. The maximum absolute atomic E-state index is 12.9. The normalized spacial score (nSPS) is 24.8. The van der Waals surface area contributed by atoms with Gasteiger partial charge in [0, 0.05) is 32.2 Å². The van der Waals surface area contributed by atoms with E-state index < -0.39 is 6.04 Å². The zero-order chi connectivity index (χ0) is 23.4. The summed E-state index contributed by atoms with van der Waals surface area (Å²) < 4.78 is 0. The Morgan fingerprint density at radius 1 is 0.970 bits per heavy atom. The van der Waals surface area contributed by atoms with Crippen LogP contribution in [-0.4, -0.2) is 65.4 Å². The van der Waals surface area contributed by atoms with Crippen LogP contribution in [0.3, 0.4) is 0 Å². The first-order valence-corrected chi connectivity index (χ1v) is 12.5. The monoisotopic (exact) mass is 455 g/mol. The summed E-state index contributed by atoms with van der Waals surface area (Å²) in [4.78, 5) is 40.9. The number of hydrogen-bond acceptors (Lipinski definition) is 5. The molecule has 3 fully saturated rings. The minimum absolute atomic E-state index is 0.0849. The molecule has 2 N–H and O–H groups in total. The number of benzene rings is 1. The number of nitrogens with one attached hydrogen (secondary N) is 1. The second-order valence-corrected chi connectivity index (χ2v) is 9.90. The third-order valence-electron chi connectivity index (χ3n) is 7.85. The lowest BCUT2D eigenvalue weighted by molar-refractivity contribution is -0.136. The average Bonchev–Trinajstić information content (AvgIpc) is 3.17. The van der Waals surface area contributed by atoms with Gasteiger partial charge in [-0.25, -0.2) is 0 Å². The van der Waals surface area contributed by atoms with Crippen LogP contribution in [-0.2, 0) is 16.1 Å². The van der Waals surface area contributed by atoms with Gasteiger partial charge in [-0.05, 0) is 74.2 Å². The third-order valence-corrected chi connectivity index (χ3v) is 7.85. The van der Waals surface area contributed by atoms with Gasteiger partial charge in [-0.2, -0.15) is 0 Å². The highest BCUT2D eigenvalue weighted by molar-refractivity contribution is 6.05. The summed E-state index contributed by atoms with van der Waals surface area (Å²) in [5.74, 6) is 0.770. The molecule has 4 aliphatic rings. The van der Waals surface area contributed by atoms with E-state index in [4.69, 9.17) is 5.11 Å². The summed E-state index contributed by atoms with van der Waals surface area (Å²) in [6.45, 7) is 4.07. The van der Waals surface area contributed by atoms with Gasteiger partial charge in [0.2, 0.25) is 11.8 Å². The van der Waals surface area contributed by atoms with E-state index in [1.54, 1.807) is 4.90 Å². The fourth-order valence-electron chi connectivity index (χ4n) is 6.03. The Morgan fingerprint density at radius 3 is 2.39 bits per heavy atom. The van der Waals surface area contributed by atoms with E-state index in [1.165, 1.54) is 70.1 Å². The molecule has 1 aromatic rings. The Labute approximate surface area is 196 Å². The summed E-state index contributed by atoms with van der Waals surface area (Å²) in [6, 6.07) is 5.73. The van der Waals surface area contributed by atoms with E-state index in [0.29, 0.717) is 30.9 Å². The van der Waals surface area contributed by atoms with Gasteiger partial charge in [0.05, 0.1) is 0 Å². The van der Waals surface area contributed by atoms with Crippen LogP contribution in [0.4, 0.5) is 0 Å². The number of rotatable bonds is 4. The van der Waals surface area contributed by atoms with Crippen molar-refractivity contribution in [2.24, 2.45) is 5.92 Å². The summed E-state index contributed by atoms with van der Waals surface area (Å²) in [5, 5.41) is 9.37. The third kappa shape index (κ3) is 5.30. The van der Waals surface area contributed by atoms with Crippen LogP contribution < -0.4 is 5.32 Å². The molecule has 33 heavy (non-hydrogen) atoms. The maximum Gasteiger partial charge on any atom is 0.255 e. The van der Waals surface area contributed by atoms with Crippen molar-refractivity contribution in [1.82, 2.24) is 15.1 Å². The quantitative estimate of drug-likeness (QED) is 0.682. The molecule has 1 unspecified atom stereocenters. The molecule has 0 aromatic heterocycles. The number of carbonyl (C=O) groups excluding carboxylic acids is 3. The Balaban J connectivity index is 0.00000126. The predicted molar refractivity (Wildman–Crippen MR) is 126 cm³/mol. The van der Waals surface area contributed by atoms with Crippen molar-refractivity contribution in [2.75, 3.05) is 26.7 Å². The van der Waals surface area contributed by atoms with Crippen molar-refractivity contribution in [3.8, 4) is 0 Å². The molecule has 0 radical (unpaired) electrons. The molecule has 1 aromatic carbocycles. The van der Waals surface area contributed by atoms with Crippen molar-refractivity contribution >= 4 is 17.7 Å². The molecule has 3 amide bonds. The molecule has 1 aliphatic carbocycles. The average molecular weight is 456 g/mol. The van der Waals surface area contributed by atoms with Gasteiger partial charge in [0.15, 0.2) is 0 Å². The van der Waals surface area contributed by atoms with Crippen LogP contribution in [0.15, 0.2) is 18.2 Å². The molecule has 7 heteroatoms. The number of likely N-dealkylation sites (tertiary alicyclic amines) is 1. The standard InChI is InChI=1S/C25H33N3O3.CH4O/c29-23-9-8-22(24(30)26-23)28-16-20-14-19(6-7-21(20)25(28)31)18-10-12-27(13-11-18)15-17-4-2-1-3-5-17;1-2/h6-7,14,17-18,22H,1-5,8-13,15-16H2,(H,26,29,30);2H,1H3. The summed E-state index contributed by atoms with van der Waals surface area (Å²) in [6.07, 6.45) is 10.1. The number of aliphatic hydroxyl groups excluding tert-OH is 1. The van der Waals surface area contributed by atoms with Gasteiger partial charge in [-0.1, -0.05) is 31.4 Å². The molecule has 5 rings (SSSR count). The number of nitrogens with zero attached hydrogens (tertiary/aromatic N) is 2. The molecular formula is C26H37N3O4. The zero-order valence-electron chi connectivity index (χ0n) is 19.7. The number of carbonyl (C=O) groups is 3. The number of imide groups is 1. The molecular weight excluding hydrogens is 418 g/mol. The lowest BCUT2D eigenvalue weighted by Gasteiger charge is -2.35. The molecule has 0 bridgehead atoms. The first-order chi connectivity index (χ1) is 16.1. The van der Waals surface area contributed by atoms with Crippen molar-refractivity contribution in [3.05, 3.63) is 34.9 Å². The lowest BCUT2D eigenvalue weighted by Crippen LogP contribution is -2.52. The number of aliphatic hydroxyl groups is 1. The van der Waals surface area contributed by atoms with Crippen molar-refractivity contribution in [2.45, 2.75) is 76.3 Å². The van der Waals surface area contributed by atoms with Gasteiger partial charge in [-0.3, -0.25) is 19.7 Å². The second kappa shape index (κ2) is 10.8. The smallest absolute Gasteiger partial charge is 0.255 e. The topological polar surface area (TPSA) is 90.0 Å². The molecule has 1 atom stereocenters. The first-order valence-electron chi connectivity index (χ1n) is 12.5. The first kappa shape index (κ1) is 23.9. The fraction of sp³-hybridized carbons (Fsp3) is 0.654. The summed E-state index contributed by atoms with van der Waals surface area (Å²) >= 11 is 0. The van der Waals surface area contributed by atoms with E-state index in [1.807, 2.05) is 6.07 Å². The van der Waals surface area contributed by atoms with Crippen LogP contribution >= 0.6 is 0 Å². The Morgan fingerprint density at radius 2 is 1.70 bits per heavy atom. The van der Waals surface area contributed by atoms with Crippen molar-refractivity contribution in [3.63, 3.8) is 0 Å². The molecule has 3 heterocycles. The summed E-state index contributed by atoms with van der Waals surface area (Å²) in [7, 11) is 1.00. The number of amides is 3. The minimum Gasteiger partial charge on any atom is -0.400 e. The van der Waals surface area contributed by atoms with Gasteiger partial charge < -0.3 is 14.9 Å². The molecule has 3 aliphatic heterocycles. The molecule has 0 spiro atoms. The second-order valence-electron chi connectivity index (χ2n) is 9.90. The van der Waals surface area contributed by atoms with Crippen LogP contribution in [0.1, 0.15) is 85.2 Å². The fourth-order valence-corrected chi connectivity index (χ4v) is 6.03. The lowest BCUT2D eigenvalue weighted by atomic mass is 9.86. The maximum atomic E-state index is 12.9.